The van der Waals surface area contributed by atoms with E-state index in [1.165, 1.54) is 24.4 Å². The highest BCUT2D eigenvalue weighted by atomic mass is 19.1. The van der Waals surface area contributed by atoms with Crippen molar-refractivity contribution in [2.75, 3.05) is 23.3 Å². The average Bonchev–Trinajstić information content (AvgIpc) is 2.96. The second kappa shape index (κ2) is 6.60. The molecule has 2 aromatic rings. The van der Waals surface area contributed by atoms with E-state index >= 15 is 0 Å². The number of hydrogen-bond acceptors (Lipinski definition) is 3. The zero-order valence-corrected chi connectivity index (χ0v) is 12.3. The number of aromatic nitrogens is 1. The molecule has 7 heteroatoms. The zero-order chi connectivity index (χ0) is 16.2. The molecule has 5 nitrogen and oxygen atoms in total. The topological polar surface area (TPSA) is 57.3 Å². The first-order chi connectivity index (χ1) is 11.1. The van der Waals surface area contributed by atoms with Crippen LogP contribution in [-0.4, -0.2) is 30.1 Å². The fraction of sp³-hybridized carbons (Fsp3) is 0.250. The van der Waals surface area contributed by atoms with Crippen molar-refractivity contribution in [2.45, 2.75) is 12.5 Å². The first-order valence-electron chi connectivity index (χ1n) is 7.30. The summed E-state index contributed by atoms with van der Waals surface area (Å²) in [6, 6.07) is 6.70. The van der Waals surface area contributed by atoms with Crippen LogP contribution in [0.3, 0.4) is 0 Å². The SMILES string of the molecule is O=C(Nc1cccnc1)N[C@H]1CCN(c2c(F)cccc2F)C1. The van der Waals surface area contributed by atoms with Crippen LogP contribution in [0.1, 0.15) is 6.42 Å². The number of nitrogens with one attached hydrogen (secondary N) is 2. The number of urea groups is 1. The Kier molecular flexibility index (Phi) is 4.36. The predicted octanol–water partition coefficient (Wildman–Crippen LogP) is 2.76. The van der Waals surface area contributed by atoms with Gasteiger partial charge in [-0.05, 0) is 30.7 Å². The Morgan fingerprint density at radius 1 is 1.22 bits per heavy atom. The maximum Gasteiger partial charge on any atom is 0.319 e. The third-order valence-corrected chi connectivity index (χ3v) is 3.70. The first-order valence-corrected chi connectivity index (χ1v) is 7.30. The van der Waals surface area contributed by atoms with E-state index in [1.807, 2.05) is 0 Å². The van der Waals surface area contributed by atoms with Gasteiger partial charge < -0.3 is 15.5 Å². The number of pyridine rings is 1. The fourth-order valence-electron chi connectivity index (χ4n) is 2.66. The zero-order valence-electron chi connectivity index (χ0n) is 12.3. The van der Waals surface area contributed by atoms with Crippen LogP contribution in [0.2, 0.25) is 0 Å². The average molecular weight is 318 g/mol. The number of para-hydroxylation sites is 1. The van der Waals surface area contributed by atoms with Crippen LogP contribution < -0.4 is 15.5 Å². The van der Waals surface area contributed by atoms with E-state index in [9.17, 15) is 13.6 Å². The summed E-state index contributed by atoms with van der Waals surface area (Å²) in [5, 5.41) is 5.47. The van der Waals surface area contributed by atoms with Crippen LogP contribution in [0.4, 0.5) is 25.0 Å². The number of carbonyl (C=O) groups is 1. The summed E-state index contributed by atoms with van der Waals surface area (Å²) >= 11 is 0. The van der Waals surface area contributed by atoms with Crippen molar-refractivity contribution in [2.24, 2.45) is 0 Å². The van der Waals surface area contributed by atoms with Crippen molar-refractivity contribution >= 4 is 17.4 Å². The van der Waals surface area contributed by atoms with E-state index in [-0.39, 0.29) is 17.8 Å². The summed E-state index contributed by atoms with van der Waals surface area (Å²) in [6.45, 7) is 0.841. The van der Waals surface area contributed by atoms with Crippen molar-refractivity contribution in [3.63, 3.8) is 0 Å². The molecule has 0 unspecified atom stereocenters. The lowest BCUT2D eigenvalue weighted by molar-refractivity contribution is 0.249. The highest BCUT2D eigenvalue weighted by molar-refractivity contribution is 5.89. The van der Waals surface area contributed by atoms with E-state index in [0.29, 0.717) is 25.2 Å². The Morgan fingerprint density at radius 2 is 2.00 bits per heavy atom. The van der Waals surface area contributed by atoms with Gasteiger partial charge in [0.1, 0.15) is 17.3 Å². The first kappa shape index (κ1) is 15.2. The van der Waals surface area contributed by atoms with Crippen LogP contribution in [0.5, 0.6) is 0 Å². The van der Waals surface area contributed by atoms with Gasteiger partial charge in [0, 0.05) is 25.3 Å². The van der Waals surface area contributed by atoms with Gasteiger partial charge in [-0.15, -0.1) is 0 Å². The molecule has 1 fully saturated rings. The normalized spacial score (nSPS) is 17.1. The van der Waals surface area contributed by atoms with Gasteiger partial charge in [-0.1, -0.05) is 6.07 Å². The molecule has 1 aliphatic rings. The standard InChI is InChI=1S/C16H16F2N4O/c17-13-4-1-5-14(18)15(13)22-8-6-12(10-22)21-16(23)20-11-3-2-7-19-9-11/h1-5,7,9,12H,6,8,10H2,(H2,20,21,23)/t12-/m0/s1. The highest BCUT2D eigenvalue weighted by Gasteiger charge is 2.27. The Labute approximate surface area is 132 Å². The molecule has 0 radical (unpaired) electrons. The monoisotopic (exact) mass is 318 g/mol. The molecule has 2 amide bonds. The molecule has 1 aromatic carbocycles. The maximum atomic E-state index is 13.8. The van der Waals surface area contributed by atoms with Crippen molar-refractivity contribution in [3.05, 3.63) is 54.4 Å². The smallest absolute Gasteiger partial charge is 0.319 e. The Morgan fingerprint density at radius 3 is 2.70 bits per heavy atom. The Bertz CT molecular complexity index is 675. The lowest BCUT2D eigenvalue weighted by Crippen LogP contribution is -2.39. The summed E-state index contributed by atoms with van der Waals surface area (Å²) in [6.07, 6.45) is 3.77. The molecule has 3 rings (SSSR count). The van der Waals surface area contributed by atoms with E-state index in [4.69, 9.17) is 0 Å². The number of amides is 2. The van der Waals surface area contributed by atoms with Crippen LogP contribution in [0.15, 0.2) is 42.7 Å². The fourth-order valence-corrected chi connectivity index (χ4v) is 2.66. The van der Waals surface area contributed by atoms with E-state index in [0.717, 1.165) is 0 Å². The summed E-state index contributed by atoms with van der Waals surface area (Å²) in [5.74, 6) is -1.18. The minimum atomic E-state index is -0.592. The lowest BCUT2D eigenvalue weighted by Gasteiger charge is -2.20. The minimum Gasteiger partial charge on any atom is -0.365 e. The van der Waals surface area contributed by atoms with E-state index in [2.05, 4.69) is 15.6 Å². The number of anilines is 2. The number of benzene rings is 1. The molecular weight excluding hydrogens is 302 g/mol. The second-order valence-electron chi connectivity index (χ2n) is 5.34. The number of halogens is 2. The van der Waals surface area contributed by atoms with E-state index < -0.39 is 11.6 Å². The van der Waals surface area contributed by atoms with Crippen molar-refractivity contribution < 1.29 is 13.6 Å². The molecule has 1 saturated heterocycles. The quantitative estimate of drug-likeness (QED) is 0.915. The van der Waals surface area contributed by atoms with Gasteiger partial charge in [0.2, 0.25) is 0 Å². The molecule has 2 N–H and O–H groups in total. The number of nitrogens with zero attached hydrogens (tertiary/aromatic N) is 2. The van der Waals surface area contributed by atoms with Crippen LogP contribution in [0, 0.1) is 11.6 Å². The number of rotatable bonds is 3. The Hall–Kier alpha value is -2.70. The summed E-state index contributed by atoms with van der Waals surface area (Å²) in [7, 11) is 0. The molecule has 0 spiro atoms. The minimum absolute atomic E-state index is 0.0375. The molecule has 0 saturated carbocycles. The number of hydrogen-bond donors (Lipinski definition) is 2. The summed E-state index contributed by atoms with van der Waals surface area (Å²) in [4.78, 5) is 17.4. The molecule has 1 aliphatic heterocycles. The van der Waals surface area contributed by atoms with Gasteiger partial charge in [-0.25, -0.2) is 13.6 Å². The third kappa shape index (κ3) is 3.56. The highest BCUT2D eigenvalue weighted by Crippen LogP contribution is 2.26. The summed E-state index contributed by atoms with van der Waals surface area (Å²) in [5.41, 5.74) is 0.546. The molecule has 0 bridgehead atoms. The van der Waals surface area contributed by atoms with Gasteiger partial charge in [0.15, 0.2) is 0 Å². The molecule has 23 heavy (non-hydrogen) atoms. The predicted molar refractivity (Wildman–Crippen MR) is 83.4 cm³/mol. The van der Waals surface area contributed by atoms with E-state index in [1.54, 1.807) is 23.2 Å². The van der Waals surface area contributed by atoms with Gasteiger partial charge in [0.25, 0.3) is 0 Å². The molecule has 1 aromatic heterocycles. The van der Waals surface area contributed by atoms with Crippen LogP contribution in [-0.2, 0) is 0 Å². The largest absolute Gasteiger partial charge is 0.365 e. The molecule has 120 valence electrons. The van der Waals surface area contributed by atoms with Gasteiger partial charge >= 0.3 is 6.03 Å². The molecule has 2 heterocycles. The van der Waals surface area contributed by atoms with Crippen molar-refractivity contribution in [3.8, 4) is 0 Å². The van der Waals surface area contributed by atoms with Gasteiger partial charge in [0.05, 0.1) is 11.9 Å². The molecule has 0 aliphatic carbocycles. The molecule has 1 atom stereocenters. The second-order valence-corrected chi connectivity index (χ2v) is 5.34. The number of carbonyl (C=O) groups excluding carboxylic acids is 1. The lowest BCUT2D eigenvalue weighted by atomic mass is 10.2. The van der Waals surface area contributed by atoms with Crippen LogP contribution >= 0.6 is 0 Å². The van der Waals surface area contributed by atoms with Crippen LogP contribution in [0.25, 0.3) is 0 Å². The Balaban J connectivity index is 1.59. The maximum absolute atomic E-state index is 13.8. The van der Waals surface area contributed by atoms with Gasteiger partial charge in [-0.3, -0.25) is 4.98 Å². The third-order valence-electron chi connectivity index (χ3n) is 3.70. The van der Waals surface area contributed by atoms with Crippen molar-refractivity contribution in [1.29, 1.82) is 0 Å². The van der Waals surface area contributed by atoms with Gasteiger partial charge in [-0.2, -0.15) is 0 Å². The molecular formula is C16H16F2N4O. The summed E-state index contributed by atoms with van der Waals surface area (Å²) < 4.78 is 27.6. The van der Waals surface area contributed by atoms with Crippen molar-refractivity contribution in [1.82, 2.24) is 10.3 Å².